The van der Waals surface area contributed by atoms with Crippen LogP contribution in [0.25, 0.3) is 0 Å². The Bertz CT molecular complexity index is 758. The monoisotopic (exact) mass is 312 g/mol. The Hall–Kier alpha value is -2.27. The van der Waals surface area contributed by atoms with Crippen molar-refractivity contribution in [2.45, 2.75) is 18.7 Å². The van der Waals surface area contributed by atoms with Crippen LogP contribution in [0.5, 0.6) is 0 Å². The average molecular weight is 312 g/mol. The molecule has 1 aliphatic rings. The first-order chi connectivity index (χ1) is 10.6. The lowest BCUT2D eigenvalue weighted by Crippen LogP contribution is -2.43. The van der Waals surface area contributed by atoms with Gasteiger partial charge in [-0.1, -0.05) is 29.8 Å². The topological polar surface area (TPSA) is 49.4 Å². The number of hydrogen-bond acceptors (Lipinski definition) is 3. The summed E-state index contributed by atoms with van der Waals surface area (Å²) in [6.45, 7) is 3.94. The van der Waals surface area contributed by atoms with Gasteiger partial charge in [-0.15, -0.1) is 11.8 Å². The fraction of sp³-hybridized carbons (Fsp3) is 0.176. The zero-order valence-corrected chi connectivity index (χ0v) is 13.2. The highest BCUT2D eigenvalue weighted by molar-refractivity contribution is 8.00. The number of anilines is 2. The van der Waals surface area contributed by atoms with Gasteiger partial charge < -0.3 is 5.32 Å². The minimum atomic E-state index is -0.412. The average Bonchev–Trinajstić information content (AvgIpc) is 2.50. The number of rotatable bonds is 1. The van der Waals surface area contributed by atoms with Crippen molar-refractivity contribution in [1.29, 1.82) is 0 Å². The quantitative estimate of drug-likeness (QED) is 0.866. The number of amides is 3. The molecule has 22 heavy (non-hydrogen) atoms. The van der Waals surface area contributed by atoms with E-state index < -0.39 is 6.03 Å². The fourth-order valence-electron chi connectivity index (χ4n) is 2.45. The van der Waals surface area contributed by atoms with Crippen molar-refractivity contribution < 1.29 is 9.59 Å². The Kier molecular flexibility index (Phi) is 3.90. The molecule has 5 heteroatoms. The summed E-state index contributed by atoms with van der Waals surface area (Å²) < 4.78 is 0. The summed E-state index contributed by atoms with van der Waals surface area (Å²) in [6, 6.07) is 12.8. The van der Waals surface area contributed by atoms with Crippen molar-refractivity contribution in [1.82, 2.24) is 0 Å². The van der Waals surface area contributed by atoms with Crippen LogP contribution in [0.15, 0.2) is 47.4 Å². The van der Waals surface area contributed by atoms with E-state index in [0.29, 0.717) is 5.69 Å². The van der Waals surface area contributed by atoms with E-state index in [1.807, 2.05) is 50.2 Å². The molecule has 0 bridgehead atoms. The van der Waals surface area contributed by atoms with Gasteiger partial charge in [-0.3, -0.25) is 4.79 Å². The van der Waals surface area contributed by atoms with Gasteiger partial charge in [0.2, 0.25) is 5.91 Å². The van der Waals surface area contributed by atoms with Gasteiger partial charge in [-0.2, -0.15) is 0 Å². The van der Waals surface area contributed by atoms with Crippen LogP contribution in [0.2, 0.25) is 0 Å². The number of urea groups is 1. The highest BCUT2D eigenvalue weighted by Gasteiger charge is 2.30. The van der Waals surface area contributed by atoms with Crippen molar-refractivity contribution >= 4 is 35.1 Å². The zero-order chi connectivity index (χ0) is 15.7. The van der Waals surface area contributed by atoms with Gasteiger partial charge in [-0.05, 0) is 37.6 Å². The SMILES string of the molecule is Cc1ccc(NC(=O)N2C(=O)CSc3ccccc32)c(C)c1. The number of fused-ring (bicyclic) bond motifs is 1. The summed E-state index contributed by atoms with van der Waals surface area (Å²) in [7, 11) is 0. The van der Waals surface area contributed by atoms with Crippen molar-refractivity contribution in [2.24, 2.45) is 0 Å². The fourth-order valence-corrected chi connectivity index (χ4v) is 3.34. The van der Waals surface area contributed by atoms with Gasteiger partial charge in [0.25, 0.3) is 0 Å². The molecule has 0 atom stereocenters. The largest absolute Gasteiger partial charge is 0.333 e. The van der Waals surface area contributed by atoms with E-state index >= 15 is 0 Å². The van der Waals surface area contributed by atoms with Gasteiger partial charge in [0.15, 0.2) is 0 Å². The molecule has 4 nitrogen and oxygen atoms in total. The van der Waals surface area contributed by atoms with Crippen LogP contribution in [0.4, 0.5) is 16.2 Å². The van der Waals surface area contributed by atoms with Crippen molar-refractivity contribution in [3.05, 3.63) is 53.6 Å². The minimum absolute atomic E-state index is 0.203. The molecule has 1 N–H and O–H groups in total. The molecule has 0 aliphatic carbocycles. The van der Waals surface area contributed by atoms with Gasteiger partial charge >= 0.3 is 6.03 Å². The first kappa shape index (κ1) is 14.7. The van der Waals surface area contributed by atoms with Crippen molar-refractivity contribution in [2.75, 3.05) is 16.0 Å². The van der Waals surface area contributed by atoms with Gasteiger partial charge in [0.1, 0.15) is 0 Å². The number of imide groups is 1. The number of carbonyl (C=O) groups is 2. The van der Waals surface area contributed by atoms with Crippen molar-refractivity contribution in [3.63, 3.8) is 0 Å². The second-order valence-electron chi connectivity index (χ2n) is 5.23. The molecular weight excluding hydrogens is 296 g/mol. The maximum Gasteiger partial charge on any atom is 0.333 e. The number of aryl methyl sites for hydroxylation is 2. The predicted molar refractivity (Wildman–Crippen MR) is 89.6 cm³/mol. The highest BCUT2D eigenvalue weighted by atomic mass is 32.2. The number of thioether (sulfide) groups is 1. The molecule has 2 aromatic carbocycles. The number of nitrogens with one attached hydrogen (secondary N) is 1. The lowest BCUT2D eigenvalue weighted by Gasteiger charge is -2.27. The van der Waals surface area contributed by atoms with Crippen LogP contribution in [-0.4, -0.2) is 17.7 Å². The molecule has 0 saturated carbocycles. The van der Waals surface area contributed by atoms with Crippen LogP contribution in [0.1, 0.15) is 11.1 Å². The smallest absolute Gasteiger partial charge is 0.307 e. The number of benzene rings is 2. The molecule has 1 aliphatic heterocycles. The molecule has 0 saturated heterocycles. The molecule has 2 aromatic rings. The van der Waals surface area contributed by atoms with E-state index in [2.05, 4.69) is 5.32 Å². The second-order valence-corrected chi connectivity index (χ2v) is 6.25. The van der Waals surface area contributed by atoms with Gasteiger partial charge in [-0.25, -0.2) is 9.69 Å². The molecule has 3 rings (SSSR count). The van der Waals surface area contributed by atoms with E-state index in [1.165, 1.54) is 16.7 Å². The number of nitrogens with zero attached hydrogens (tertiary/aromatic N) is 1. The minimum Gasteiger partial charge on any atom is -0.307 e. The normalized spacial score (nSPS) is 13.7. The molecule has 0 unspecified atom stereocenters. The lowest BCUT2D eigenvalue weighted by atomic mass is 10.1. The van der Waals surface area contributed by atoms with Crippen LogP contribution < -0.4 is 10.2 Å². The molecule has 1 heterocycles. The van der Waals surface area contributed by atoms with Gasteiger partial charge in [0, 0.05) is 10.6 Å². The molecule has 0 aromatic heterocycles. The lowest BCUT2D eigenvalue weighted by molar-refractivity contribution is -0.115. The summed E-state index contributed by atoms with van der Waals surface area (Å²) in [5.41, 5.74) is 3.47. The van der Waals surface area contributed by atoms with E-state index in [9.17, 15) is 9.59 Å². The zero-order valence-electron chi connectivity index (χ0n) is 12.4. The van der Waals surface area contributed by atoms with E-state index in [4.69, 9.17) is 0 Å². The highest BCUT2D eigenvalue weighted by Crippen LogP contribution is 2.35. The Morgan fingerprint density at radius 1 is 1.18 bits per heavy atom. The Balaban J connectivity index is 1.90. The number of carbonyl (C=O) groups excluding carboxylic acids is 2. The summed E-state index contributed by atoms with van der Waals surface area (Å²) in [5.74, 6) is 0.0723. The van der Waals surface area contributed by atoms with Crippen LogP contribution in [-0.2, 0) is 4.79 Å². The summed E-state index contributed by atoms with van der Waals surface area (Å²) in [6.07, 6.45) is 0. The Labute approximate surface area is 133 Å². The first-order valence-corrected chi connectivity index (χ1v) is 7.98. The molecule has 0 radical (unpaired) electrons. The third-order valence-electron chi connectivity index (χ3n) is 3.53. The maximum absolute atomic E-state index is 12.6. The van der Waals surface area contributed by atoms with Crippen molar-refractivity contribution in [3.8, 4) is 0 Å². The molecule has 112 valence electrons. The Morgan fingerprint density at radius 2 is 1.95 bits per heavy atom. The van der Waals surface area contributed by atoms with Gasteiger partial charge in [0.05, 0.1) is 11.4 Å². The summed E-state index contributed by atoms with van der Waals surface area (Å²) >= 11 is 1.46. The number of para-hydroxylation sites is 1. The standard InChI is InChI=1S/C17H16N2O2S/c1-11-7-8-13(12(2)9-11)18-17(21)19-14-5-3-4-6-15(14)22-10-16(19)20/h3-9H,10H2,1-2H3,(H,18,21). The summed E-state index contributed by atoms with van der Waals surface area (Å²) in [4.78, 5) is 26.9. The van der Waals surface area contributed by atoms with E-state index in [0.717, 1.165) is 21.7 Å². The molecule has 0 fully saturated rings. The molecular formula is C17H16N2O2S. The number of hydrogen-bond donors (Lipinski definition) is 1. The predicted octanol–water partition coefficient (Wildman–Crippen LogP) is 3.97. The molecule has 0 spiro atoms. The molecule has 3 amide bonds. The first-order valence-electron chi connectivity index (χ1n) is 6.99. The summed E-state index contributed by atoms with van der Waals surface area (Å²) in [5, 5.41) is 2.84. The Morgan fingerprint density at radius 3 is 2.73 bits per heavy atom. The second kappa shape index (κ2) is 5.85. The van der Waals surface area contributed by atoms with Crippen LogP contribution in [0, 0.1) is 13.8 Å². The third-order valence-corrected chi connectivity index (χ3v) is 4.58. The van der Waals surface area contributed by atoms with E-state index in [1.54, 1.807) is 6.07 Å². The van der Waals surface area contributed by atoms with Crippen LogP contribution >= 0.6 is 11.8 Å². The third kappa shape index (κ3) is 2.72. The van der Waals surface area contributed by atoms with Crippen LogP contribution in [0.3, 0.4) is 0 Å². The maximum atomic E-state index is 12.6. The van der Waals surface area contributed by atoms with E-state index in [-0.39, 0.29) is 11.7 Å².